The number of hydrogen-bond acceptors (Lipinski definition) is 4. The fourth-order valence-corrected chi connectivity index (χ4v) is 2.90. The van der Waals surface area contributed by atoms with E-state index < -0.39 is 0 Å². The molecule has 2 fully saturated rings. The van der Waals surface area contributed by atoms with Crippen molar-refractivity contribution in [3.63, 3.8) is 0 Å². The predicted molar refractivity (Wildman–Crippen MR) is 66.4 cm³/mol. The Hall–Kier alpha value is -1.62. The summed E-state index contributed by atoms with van der Waals surface area (Å²) in [5, 5.41) is 9.37. The highest BCUT2D eigenvalue weighted by atomic mass is 16.3. The number of aromatic hydroxyl groups is 1. The van der Waals surface area contributed by atoms with Crippen molar-refractivity contribution in [1.29, 1.82) is 0 Å². The van der Waals surface area contributed by atoms with Gasteiger partial charge in [-0.3, -0.25) is 14.7 Å². The first-order valence-corrected chi connectivity index (χ1v) is 6.41. The van der Waals surface area contributed by atoms with Crippen LogP contribution in [0.3, 0.4) is 0 Å². The Labute approximate surface area is 106 Å². The molecule has 2 saturated heterocycles. The second kappa shape index (κ2) is 4.57. The number of nitrogens with zero attached hydrogens (tertiary/aromatic N) is 3. The van der Waals surface area contributed by atoms with Gasteiger partial charge in [0.15, 0.2) is 0 Å². The average molecular weight is 247 g/mol. The van der Waals surface area contributed by atoms with Crippen LogP contribution in [0.1, 0.15) is 23.2 Å². The molecule has 3 rings (SSSR count). The van der Waals surface area contributed by atoms with Crippen LogP contribution < -0.4 is 0 Å². The van der Waals surface area contributed by atoms with Crippen LogP contribution >= 0.6 is 0 Å². The van der Waals surface area contributed by atoms with Gasteiger partial charge in [-0.25, -0.2) is 0 Å². The number of pyridine rings is 1. The second-order valence-corrected chi connectivity index (χ2v) is 5.02. The SMILES string of the molecule is O=C(c1cncc(O)c1)N1CCN2CCCC2C1. The lowest BCUT2D eigenvalue weighted by molar-refractivity contribution is 0.0570. The van der Waals surface area contributed by atoms with Crippen molar-refractivity contribution in [2.45, 2.75) is 18.9 Å². The topological polar surface area (TPSA) is 56.7 Å². The summed E-state index contributed by atoms with van der Waals surface area (Å²) in [6.45, 7) is 3.70. The predicted octanol–water partition coefficient (Wildman–Crippen LogP) is 0.707. The van der Waals surface area contributed by atoms with Crippen molar-refractivity contribution in [2.24, 2.45) is 0 Å². The Morgan fingerprint density at radius 3 is 3.06 bits per heavy atom. The number of piperazine rings is 1. The average Bonchev–Trinajstić information content (AvgIpc) is 2.85. The molecule has 0 radical (unpaired) electrons. The van der Waals surface area contributed by atoms with Gasteiger partial charge < -0.3 is 10.0 Å². The Morgan fingerprint density at radius 2 is 2.22 bits per heavy atom. The summed E-state index contributed by atoms with van der Waals surface area (Å²) in [7, 11) is 0. The molecule has 2 aliphatic rings. The van der Waals surface area contributed by atoms with Crippen LogP contribution in [0.5, 0.6) is 5.75 Å². The van der Waals surface area contributed by atoms with Gasteiger partial charge in [-0.2, -0.15) is 0 Å². The third-order valence-corrected chi connectivity index (χ3v) is 3.85. The molecular formula is C13H17N3O2. The van der Waals surface area contributed by atoms with Crippen molar-refractivity contribution >= 4 is 5.91 Å². The third kappa shape index (κ3) is 2.06. The molecule has 0 spiro atoms. The molecule has 1 aromatic heterocycles. The Kier molecular flexibility index (Phi) is 2.91. The summed E-state index contributed by atoms with van der Waals surface area (Å²) >= 11 is 0. The molecule has 18 heavy (non-hydrogen) atoms. The zero-order valence-corrected chi connectivity index (χ0v) is 10.2. The van der Waals surface area contributed by atoms with Gasteiger partial charge in [-0.15, -0.1) is 0 Å². The quantitative estimate of drug-likeness (QED) is 0.794. The zero-order valence-electron chi connectivity index (χ0n) is 10.2. The number of amides is 1. The molecule has 1 aromatic rings. The smallest absolute Gasteiger partial charge is 0.255 e. The first kappa shape index (κ1) is 11.5. The lowest BCUT2D eigenvalue weighted by atomic mass is 10.1. The van der Waals surface area contributed by atoms with Gasteiger partial charge in [0.1, 0.15) is 5.75 Å². The van der Waals surface area contributed by atoms with Gasteiger partial charge in [-0.05, 0) is 25.5 Å². The molecule has 96 valence electrons. The van der Waals surface area contributed by atoms with E-state index in [1.807, 2.05) is 4.90 Å². The summed E-state index contributed by atoms with van der Waals surface area (Å²) < 4.78 is 0. The molecule has 5 heteroatoms. The Bertz CT molecular complexity index is 463. The van der Waals surface area contributed by atoms with Crippen LogP contribution in [0.2, 0.25) is 0 Å². The standard InChI is InChI=1S/C13H17N3O2/c17-12-6-10(7-14-8-12)13(18)16-5-4-15-3-1-2-11(15)9-16/h6-8,11,17H,1-5,9H2. The fraction of sp³-hybridized carbons (Fsp3) is 0.538. The van der Waals surface area contributed by atoms with Crippen LogP contribution in [0.25, 0.3) is 0 Å². The number of hydrogen-bond donors (Lipinski definition) is 1. The summed E-state index contributed by atoms with van der Waals surface area (Å²) in [5.41, 5.74) is 0.474. The second-order valence-electron chi connectivity index (χ2n) is 5.02. The van der Waals surface area contributed by atoms with Gasteiger partial charge in [0.2, 0.25) is 0 Å². The molecule has 0 bridgehead atoms. The van der Waals surface area contributed by atoms with E-state index in [4.69, 9.17) is 0 Å². The van der Waals surface area contributed by atoms with Crippen LogP contribution in [0, 0.1) is 0 Å². The Balaban J connectivity index is 1.73. The third-order valence-electron chi connectivity index (χ3n) is 3.85. The van der Waals surface area contributed by atoms with E-state index in [1.165, 1.54) is 37.8 Å². The number of carbonyl (C=O) groups is 1. The highest BCUT2D eigenvalue weighted by Crippen LogP contribution is 2.22. The van der Waals surface area contributed by atoms with Gasteiger partial charge in [0.05, 0.1) is 11.8 Å². The lowest BCUT2D eigenvalue weighted by Gasteiger charge is -2.37. The van der Waals surface area contributed by atoms with Gasteiger partial charge in [-0.1, -0.05) is 0 Å². The fourth-order valence-electron chi connectivity index (χ4n) is 2.90. The highest BCUT2D eigenvalue weighted by molar-refractivity contribution is 5.94. The van der Waals surface area contributed by atoms with Gasteiger partial charge >= 0.3 is 0 Å². The van der Waals surface area contributed by atoms with Crippen molar-refractivity contribution < 1.29 is 9.90 Å². The molecule has 5 nitrogen and oxygen atoms in total. The van der Waals surface area contributed by atoms with Gasteiger partial charge in [0, 0.05) is 31.9 Å². The van der Waals surface area contributed by atoms with E-state index in [9.17, 15) is 9.90 Å². The number of carbonyl (C=O) groups excluding carboxylic acids is 1. The van der Waals surface area contributed by atoms with E-state index in [2.05, 4.69) is 9.88 Å². The molecule has 2 aliphatic heterocycles. The van der Waals surface area contributed by atoms with E-state index in [0.29, 0.717) is 11.6 Å². The minimum absolute atomic E-state index is 0.0232. The van der Waals surface area contributed by atoms with Crippen molar-refractivity contribution in [2.75, 3.05) is 26.2 Å². The molecule has 1 unspecified atom stereocenters. The van der Waals surface area contributed by atoms with Gasteiger partial charge in [0.25, 0.3) is 5.91 Å². The van der Waals surface area contributed by atoms with Crippen LogP contribution in [-0.4, -0.2) is 58.0 Å². The summed E-state index contributed by atoms with van der Waals surface area (Å²) in [6, 6.07) is 2.00. The first-order chi connectivity index (χ1) is 8.74. The zero-order chi connectivity index (χ0) is 12.5. The summed E-state index contributed by atoms with van der Waals surface area (Å²) in [6.07, 6.45) is 5.28. The molecule has 1 N–H and O–H groups in total. The number of rotatable bonds is 1. The molecule has 0 aliphatic carbocycles. The highest BCUT2D eigenvalue weighted by Gasteiger charge is 2.32. The summed E-state index contributed by atoms with van der Waals surface area (Å²) in [5.74, 6) is 0.0188. The molecule has 1 atom stereocenters. The van der Waals surface area contributed by atoms with Crippen LogP contribution in [-0.2, 0) is 0 Å². The van der Waals surface area contributed by atoms with Crippen molar-refractivity contribution in [3.8, 4) is 5.75 Å². The molecule has 1 amide bonds. The van der Waals surface area contributed by atoms with Crippen molar-refractivity contribution in [3.05, 3.63) is 24.0 Å². The molecule has 3 heterocycles. The maximum Gasteiger partial charge on any atom is 0.255 e. The number of fused-ring (bicyclic) bond motifs is 1. The maximum absolute atomic E-state index is 12.3. The molecular weight excluding hydrogens is 230 g/mol. The van der Waals surface area contributed by atoms with E-state index in [0.717, 1.165) is 19.6 Å². The Morgan fingerprint density at radius 1 is 1.33 bits per heavy atom. The number of aromatic nitrogens is 1. The monoisotopic (exact) mass is 247 g/mol. The first-order valence-electron chi connectivity index (χ1n) is 6.41. The molecule has 0 aromatic carbocycles. The van der Waals surface area contributed by atoms with E-state index in [1.54, 1.807) is 0 Å². The van der Waals surface area contributed by atoms with E-state index >= 15 is 0 Å². The normalized spacial score (nSPS) is 24.0. The van der Waals surface area contributed by atoms with Crippen LogP contribution in [0.15, 0.2) is 18.5 Å². The van der Waals surface area contributed by atoms with Crippen molar-refractivity contribution in [1.82, 2.24) is 14.8 Å². The lowest BCUT2D eigenvalue weighted by Crippen LogP contribution is -2.52. The van der Waals surface area contributed by atoms with E-state index in [-0.39, 0.29) is 11.7 Å². The van der Waals surface area contributed by atoms with Crippen LogP contribution in [0.4, 0.5) is 0 Å². The molecule has 0 saturated carbocycles. The minimum atomic E-state index is -0.0232. The summed E-state index contributed by atoms with van der Waals surface area (Å²) in [4.78, 5) is 20.5. The minimum Gasteiger partial charge on any atom is -0.506 e. The largest absolute Gasteiger partial charge is 0.506 e. The maximum atomic E-state index is 12.3.